The Morgan fingerprint density at radius 2 is 2.00 bits per heavy atom. The van der Waals surface area contributed by atoms with Gasteiger partial charge in [0, 0.05) is 6.04 Å². The Morgan fingerprint density at radius 3 is 2.60 bits per heavy atom. The van der Waals surface area contributed by atoms with E-state index in [0.29, 0.717) is 12.6 Å². The Balaban J connectivity index is 0.00000196. The average molecular weight is 225 g/mol. The van der Waals surface area contributed by atoms with E-state index in [9.17, 15) is 0 Å². The monoisotopic (exact) mass is 224 g/mol. The first kappa shape index (κ1) is 14.0. The molecule has 0 aliphatic carbocycles. The van der Waals surface area contributed by atoms with Gasteiger partial charge in [0.15, 0.2) is 0 Å². The lowest BCUT2D eigenvalue weighted by Crippen LogP contribution is -2.26. The molecule has 1 aromatic carbocycles. The Bertz CT molecular complexity index is 292. The fraction of sp³-hybridized carbons (Fsp3) is 0.417. The topological polar surface area (TPSA) is 35.8 Å². The van der Waals surface area contributed by atoms with Crippen LogP contribution in [0.2, 0.25) is 0 Å². The Morgan fingerprint density at radius 1 is 1.33 bits per heavy atom. The molecule has 1 atom stereocenters. The molecule has 0 fully saturated rings. The molecule has 2 nitrogen and oxygen atoms in total. The standard InChI is InChI=1S/C12H16N2.ClH/c1-11(14-10-9-13)7-8-12-5-3-2-4-6-12;/h2-6,11,14H,7-8,10H2,1H3;1H. The fourth-order valence-corrected chi connectivity index (χ4v) is 1.35. The molecule has 0 aromatic heterocycles. The molecule has 0 amide bonds. The first-order chi connectivity index (χ1) is 6.83. The van der Waals surface area contributed by atoms with Crippen LogP contribution in [0.3, 0.4) is 0 Å². The summed E-state index contributed by atoms with van der Waals surface area (Å²) in [6.07, 6.45) is 2.14. The average Bonchev–Trinajstić information content (AvgIpc) is 2.25. The molecule has 1 aromatic rings. The van der Waals surface area contributed by atoms with E-state index in [1.165, 1.54) is 5.56 Å². The summed E-state index contributed by atoms with van der Waals surface area (Å²) in [6, 6.07) is 12.9. The van der Waals surface area contributed by atoms with Crippen molar-refractivity contribution in [1.29, 1.82) is 5.26 Å². The van der Waals surface area contributed by atoms with E-state index in [1.54, 1.807) is 0 Å². The first-order valence-electron chi connectivity index (χ1n) is 4.97. The van der Waals surface area contributed by atoms with Gasteiger partial charge in [0.2, 0.25) is 0 Å². The summed E-state index contributed by atoms with van der Waals surface area (Å²) in [5, 5.41) is 11.5. The first-order valence-corrected chi connectivity index (χ1v) is 4.97. The molecule has 0 saturated carbocycles. The Hall–Kier alpha value is -1.04. The molecule has 0 heterocycles. The van der Waals surface area contributed by atoms with E-state index in [2.05, 4.69) is 42.6 Å². The van der Waals surface area contributed by atoms with Crippen LogP contribution in [0.15, 0.2) is 30.3 Å². The van der Waals surface area contributed by atoms with Gasteiger partial charge in [0.1, 0.15) is 0 Å². The van der Waals surface area contributed by atoms with E-state index in [1.807, 2.05) is 6.07 Å². The number of nitrogens with zero attached hydrogens (tertiary/aromatic N) is 1. The zero-order chi connectivity index (χ0) is 10.2. The molecule has 82 valence electrons. The number of hydrogen-bond donors (Lipinski definition) is 1. The molecule has 0 aliphatic heterocycles. The quantitative estimate of drug-likeness (QED) is 0.781. The Labute approximate surface area is 97.7 Å². The van der Waals surface area contributed by atoms with E-state index in [4.69, 9.17) is 5.26 Å². The largest absolute Gasteiger partial charge is 0.302 e. The summed E-state index contributed by atoms with van der Waals surface area (Å²) in [5.41, 5.74) is 1.36. The number of halogens is 1. The van der Waals surface area contributed by atoms with Gasteiger partial charge in [0.25, 0.3) is 0 Å². The van der Waals surface area contributed by atoms with Crippen LogP contribution in [0.1, 0.15) is 18.9 Å². The van der Waals surface area contributed by atoms with Gasteiger partial charge in [-0.25, -0.2) is 0 Å². The van der Waals surface area contributed by atoms with Crippen LogP contribution in [-0.2, 0) is 6.42 Å². The zero-order valence-electron chi connectivity index (χ0n) is 8.94. The van der Waals surface area contributed by atoms with Gasteiger partial charge in [-0.15, -0.1) is 12.4 Å². The molecule has 1 rings (SSSR count). The third-order valence-electron chi connectivity index (χ3n) is 2.24. The van der Waals surface area contributed by atoms with Crippen molar-refractivity contribution in [2.75, 3.05) is 6.54 Å². The number of rotatable bonds is 5. The normalized spacial score (nSPS) is 11.2. The van der Waals surface area contributed by atoms with Gasteiger partial charge in [-0.2, -0.15) is 5.26 Å². The second kappa shape index (κ2) is 8.28. The Kier molecular flexibility index (Phi) is 7.71. The van der Waals surface area contributed by atoms with Crippen molar-refractivity contribution in [2.45, 2.75) is 25.8 Å². The van der Waals surface area contributed by atoms with Crippen LogP contribution < -0.4 is 5.32 Å². The van der Waals surface area contributed by atoms with E-state index >= 15 is 0 Å². The molecule has 0 radical (unpaired) electrons. The minimum atomic E-state index is 0. The van der Waals surface area contributed by atoms with E-state index in [0.717, 1.165) is 12.8 Å². The zero-order valence-corrected chi connectivity index (χ0v) is 9.76. The van der Waals surface area contributed by atoms with Gasteiger partial charge < -0.3 is 5.32 Å². The second-order valence-corrected chi connectivity index (χ2v) is 3.46. The van der Waals surface area contributed by atoms with E-state index < -0.39 is 0 Å². The summed E-state index contributed by atoms with van der Waals surface area (Å²) in [5.74, 6) is 0. The summed E-state index contributed by atoms with van der Waals surface area (Å²) < 4.78 is 0. The highest BCUT2D eigenvalue weighted by molar-refractivity contribution is 5.85. The van der Waals surface area contributed by atoms with Crippen molar-refractivity contribution >= 4 is 12.4 Å². The molecule has 0 bridgehead atoms. The summed E-state index contributed by atoms with van der Waals surface area (Å²) in [7, 11) is 0. The molecule has 0 aliphatic rings. The minimum absolute atomic E-state index is 0. The van der Waals surface area contributed by atoms with Gasteiger partial charge >= 0.3 is 0 Å². The lowest BCUT2D eigenvalue weighted by molar-refractivity contribution is 0.545. The number of benzene rings is 1. The van der Waals surface area contributed by atoms with Crippen molar-refractivity contribution in [1.82, 2.24) is 5.32 Å². The molecule has 0 saturated heterocycles. The van der Waals surface area contributed by atoms with Crippen molar-refractivity contribution in [3.05, 3.63) is 35.9 Å². The van der Waals surface area contributed by atoms with Gasteiger partial charge in [-0.1, -0.05) is 30.3 Å². The van der Waals surface area contributed by atoms with Gasteiger partial charge in [-0.05, 0) is 25.3 Å². The van der Waals surface area contributed by atoms with Crippen molar-refractivity contribution in [2.24, 2.45) is 0 Å². The summed E-state index contributed by atoms with van der Waals surface area (Å²) in [4.78, 5) is 0. The van der Waals surface area contributed by atoms with Crippen LogP contribution in [0.5, 0.6) is 0 Å². The molecular formula is C12H17ClN2. The van der Waals surface area contributed by atoms with Crippen molar-refractivity contribution < 1.29 is 0 Å². The SMILES string of the molecule is CC(CCc1ccccc1)NCC#N.Cl. The highest BCUT2D eigenvalue weighted by Gasteiger charge is 2.00. The third kappa shape index (κ3) is 6.11. The summed E-state index contributed by atoms with van der Waals surface area (Å²) in [6.45, 7) is 2.55. The second-order valence-electron chi connectivity index (χ2n) is 3.46. The smallest absolute Gasteiger partial charge is 0.0842 e. The fourth-order valence-electron chi connectivity index (χ4n) is 1.35. The minimum Gasteiger partial charge on any atom is -0.302 e. The van der Waals surface area contributed by atoms with E-state index in [-0.39, 0.29) is 12.4 Å². The van der Waals surface area contributed by atoms with Crippen molar-refractivity contribution in [3.63, 3.8) is 0 Å². The van der Waals surface area contributed by atoms with Crippen LogP contribution in [0, 0.1) is 11.3 Å². The number of nitrogens with one attached hydrogen (secondary N) is 1. The van der Waals surface area contributed by atoms with Crippen LogP contribution in [0.25, 0.3) is 0 Å². The van der Waals surface area contributed by atoms with Crippen LogP contribution in [0.4, 0.5) is 0 Å². The lowest BCUT2D eigenvalue weighted by Gasteiger charge is -2.10. The summed E-state index contributed by atoms with van der Waals surface area (Å²) >= 11 is 0. The predicted molar refractivity (Wildman–Crippen MR) is 65.1 cm³/mol. The molecule has 1 N–H and O–H groups in total. The molecular weight excluding hydrogens is 208 g/mol. The van der Waals surface area contributed by atoms with Crippen LogP contribution >= 0.6 is 12.4 Å². The van der Waals surface area contributed by atoms with Gasteiger partial charge in [0.05, 0.1) is 12.6 Å². The molecule has 15 heavy (non-hydrogen) atoms. The predicted octanol–water partition coefficient (Wildman–Crippen LogP) is 2.54. The lowest BCUT2D eigenvalue weighted by atomic mass is 10.1. The number of aryl methyl sites for hydroxylation is 1. The highest BCUT2D eigenvalue weighted by atomic mass is 35.5. The molecule has 0 spiro atoms. The number of hydrogen-bond acceptors (Lipinski definition) is 2. The maximum Gasteiger partial charge on any atom is 0.0842 e. The van der Waals surface area contributed by atoms with Crippen molar-refractivity contribution in [3.8, 4) is 6.07 Å². The number of nitriles is 1. The maximum absolute atomic E-state index is 8.39. The molecule has 3 heteroatoms. The maximum atomic E-state index is 8.39. The third-order valence-corrected chi connectivity index (χ3v) is 2.24. The highest BCUT2D eigenvalue weighted by Crippen LogP contribution is 2.04. The molecule has 1 unspecified atom stereocenters. The van der Waals surface area contributed by atoms with Crippen LogP contribution in [-0.4, -0.2) is 12.6 Å². The van der Waals surface area contributed by atoms with Gasteiger partial charge in [-0.3, -0.25) is 0 Å².